The molecule has 2 heterocycles. The number of aromatic nitrogens is 1. The lowest BCUT2D eigenvalue weighted by Gasteiger charge is -2.32. The molecule has 37 heavy (non-hydrogen) atoms. The van der Waals surface area contributed by atoms with E-state index in [1.54, 1.807) is 0 Å². The van der Waals surface area contributed by atoms with Gasteiger partial charge in [0, 0.05) is 42.0 Å². The molecule has 1 aromatic heterocycles. The first-order chi connectivity index (χ1) is 18.3. The summed E-state index contributed by atoms with van der Waals surface area (Å²) in [6.07, 6.45) is 2.38. The summed E-state index contributed by atoms with van der Waals surface area (Å²) in [6, 6.07) is 37.1. The van der Waals surface area contributed by atoms with Crippen molar-refractivity contribution in [1.29, 1.82) is 0 Å². The van der Waals surface area contributed by atoms with Crippen molar-refractivity contribution >= 4 is 21.8 Å². The Kier molecular flexibility index (Phi) is 7.20. The van der Waals surface area contributed by atoms with Crippen LogP contribution in [-0.2, 0) is 13.1 Å². The fourth-order valence-electron chi connectivity index (χ4n) is 5.63. The van der Waals surface area contributed by atoms with Gasteiger partial charge >= 0.3 is 0 Å². The van der Waals surface area contributed by atoms with E-state index in [0.717, 1.165) is 38.5 Å². The van der Waals surface area contributed by atoms with Gasteiger partial charge in [0.1, 0.15) is 12.4 Å². The first-order valence-electron chi connectivity index (χ1n) is 13.5. The molecular weight excluding hydrogens is 454 g/mol. The van der Waals surface area contributed by atoms with Crippen LogP contribution in [0.1, 0.15) is 24.0 Å². The summed E-state index contributed by atoms with van der Waals surface area (Å²) < 4.78 is 8.87. The minimum absolute atomic E-state index is 0.599. The average molecular weight is 490 g/mol. The highest BCUT2D eigenvalue weighted by atomic mass is 16.5. The number of nitrogens with one attached hydrogen (secondary N) is 1. The predicted molar refractivity (Wildman–Crippen MR) is 153 cm³/mol. The highest BCUT2D eigenvalue weighted by Crippen LogP contribution is 2.36. The maximum absolute atomic E-state index is 6.46. The molecule has 188 valence electrons. The zero-order valence-corrected chi connectivity index (χ0v) is 21.4. The van der Waals surface area contributed by atoms with Gasteiger partial charge in [-0.2, -0.15) is 0 Å². The van der Waals surface area contributed by atoms with E-state index >= 15 is 0 Å². The van der Waals surface area contributed by atoms with Crippen molar-refractivity contribution in [3.63, 3.8) is 0 Å². The molecule has 6 rings (SSSR count). The maximum Gasteiger partial charge on any atom is 0.129 e. The van der Waals surface area contributed by atoms with Crippen LogP contribution in [0, 0.1) is 0 Å². The highest BCUT2D eigenvalue weighted by molar-refractivity contribution is 6.11. The van der Waals surface area contributed by atoms with Crippen molar-refractivity contribution in [2.24, 2.45) is 0 Å². The summed E-state index contributed by atoms with van der Waals surface area (Å²) >= 11 is 0. The Labute approximate surface area is 219 Å². The number of nitrogens with zero attached hydrogens (tertiary/aromatic N) is 2. The van der Waals surface area contributed by atoms with E-state index in [-0.39, 0.29) is 0 Å². The van der Waals surface area contributed by atoms with Gasteiger partial charge in [0.15, 0.2) is 0 Å². The fourth-order valence-corrected chi connectivity index (χ4v) is 5.63. The van der Waals surface area contributed by atoms with Gasteiger partial charge in [-0.05, 0) is 55.3 Å². The Morgan fingerprint density at radius 1 is 0.703 bits per heavy atom. The molecular formula is C33H35N3O. The topological polar surface area (TPSA) is 29.4 Å². The van der Waals surface area contributed by atoms with E-state index in [0.29, 0.717) is 12.6 Å². The van der Waals surface area contributed by atoms with E-state index in [2.05, 4.69) is 118 Å². The molecule has 4 nitrogen and oxygen atoms in total. The van der Waals surface area contributed by atoms with Crippen LogP contribution >= 0.6 is 0 Å². The predicted octanol–water partition coefficient (Wildman–Crippen LogP) is 6.48. The highest BCUT2D eigenvalue weighted by Gasteiger charge is 2.19. The standard InChI is InChI=1S/C33H35N3O/c1-3-10-26(11-4-1)24-34-28-18-20-35(21-19-28)22-23-37-32-17-9-16-31-33(32)29-14-7-8-15-30(29)36(31)25-27-12-5-2-6-13-27/h1-17,28,34H,18-25H2. The van der Waals surface area contributed by atoms with Crippen molar-refractivity contribution in [2.75, 3.05) is 26.2 Å². The van der Waals surface area contributed by atoms with E-state index in [9.17, 15) is 0 Å². The summed E-state index contributed by atoms with van der Waals surface area (Å²) in [5, 5.41) is 6.22. The minimum Gasteiger partial charge on any atom is -0.492 e. The molecule has 0 bridgehead atoms. The Balaban J connectivity index is 1.10. The SMILES string of the molecule is c1ccc(CNC2CCN(CCOc3cccc4c3c3ccccc3n4Cc3ccccc3)CC2)cc1. The molecule has 4 heteroatoms. The van der Waals surface area contributed by atoms with Crippen LogP contribution in [0.25, 0.3) is 21.8 Å². The maximum atomic E-state index is 6.46. The fraction of sp³-hybridized carbons (Fsp3) is 0.273. The van der Waals surface area contributed by atoms with Gasteiger partial charge in [-0.3, -0.25) is 4.90 Å². The minimum atomic E-state index is 0.599. The molecule has 0 saturated carbocycles. The van der Waals surface area contributed by atoms with Crippen molar-refractivity contribution < 1.29 is 4.74 Å². The van der Waals surface area contributed by atoms with Crippen molar-refractivity contribution in [2.45, 2.75) is 32.0 Å². The second kappa shape index (κ2) is 11.2. The van der Waals surface area contributed by atoms with Crippen LogP contribution in [0.2, 0.25) is 0 Å². The van der Waals surface area contributed by atoms with E-state index in [1.165, 1.54) is 45.8 Å². The zero-order chi connectivity index (χ0) is 24.9. The van der Waals surface area contributed by atoms with Gasteiger partial charge in [-0.15, -0.1) is 0 Å². The molecule has 1 N–H and O–H groups in total. The van der Waals surface area contributed by atoms with Crippen molar-refractivity contribution in [3.8, 4) is 5.75 Å². The van der Waals surface area contributed by atoms with Crippen LogP contribution in [-0.4, -0.2) is 41.8 Å². The number of hydrogen-bond acceptors (Lipinski definition) is 3. The van der Waals surface area contributed by atoms with E-state index in [4.69, 9.17) is 4.74 Å². The zero-order valence-electron chi connectivity index (χ0n) is 21.4. The molecule has 0 aliphatic carbocycles. The molecule has 1 aliphatic heterocycles. The van der Waals surface area contributed by atoms with Crippen LogP contribution in [0.5, 0.6) is 5.75 Å². The third kappa shape index (κ3) is 5.41. The van der Waals surface area contributed by atoms with Gasteiger partial charge < -0.3 is 14.6 Å². The Morgan fingerprint density at radius 3 is 2.16 bits per heavy atom. The lowest BCUT2D eigenvalue weighted by Crippen LogP contribution is -2.43. The van der Waals surface area contributed by atoms with Crippen LogP contribution in [0.4, 0.5) is 0 Å². The molecule has 1 fully saturated rings. The second-order valence-electron chi connectivity index (χ2n) is 10.1. The van der Waals surface area contributed by atoms with Gasteiger partial charge in [0.2, 0.25) is 0 Å². The van der Waals surface area contributed by atoms with E-state index in [1.807, 2.05) is 0 Å². The second-order valence-corrected chi connectivity index (χ2v) is 10.1. The summed E-state index contributed by atoms with van der Waals surface area (Å²) in [7, 11) is 0. The molecule has 0 radical (unpaired) electrons. The van der Waals surface area contributed by atoms with Crippen LogP contribution < -0.4 is 10.1 Å². The number of fused-ring (bicyclic) bond motifs is 3. The number of hydrogen-bond donors (Lipinski definition) is 1. The number of piperidine rings is 1. The number of rotatable bonds is 9. The first-order valence-corrected chi connectivity index (χ1v) is 13.5. The largest absolute Gasteiger partial charge is 0.492 e. The number of benzene rings is 4. The molecule has 0 spiro atoms. The summed E-state index contributed by atoms with van der Waals surface area (Å²) in [4.78, 5) is 2.54. The molecule has 0 amide bonds. The molecule has 1 saturated heterocycles. The molecule has 5 aromatic rings. The van der Waals surface area contributed by atoms with Crippen molar-refractivity contribution in [1.82, 2.24) is 14.8 Å². The monoisotopic (exact) mass is 489 g/mol. The Hall–Kier alpha value is -3.60. The number of ether oxygens (including phenoxy) is 1. The molecule has 0 unspecified atom stereocenters. The Morgan fingerprint density at radius 2 is 1.38 bits per heavy atom. The Bertz CT molecular complexity index is 1440. The van der Waals surface area contributed by atoms with Gasteiger partial charge in [0.25, 0.3) is 0 Å². The van der Waals surface area contributed by atoms with Crippen molar-refractivity contribution in [3.05, 3.63) is 114 Å². The van der Waals surface area contributed by atoms with Gasteiger partial charge in [-0.25, -0.2) is 0 Å². The molecule has 0 atom stereocenters. The number of para-hydroxylation sites is 1. The number of likely N-dealkylation sites (tertiary alicyclic amines) is 1. The third-order valence-electron chi connectivity index (χ3n) is 7.63. The first kappa shape index (κ1) is 23.8. The smallest absolute Gasteiger partial charge is 0.129 e. The lowest BCUT2D eigenvalue weighted by molar-refractivity contribution is 0.165. The summed E-state index contributed by atoms with van der Waals surface area (Å²) in [6.45, 7) is 5.72. The quantitative estimate of drug-likeness (QED) is 0.257. The van der Waals surface area contributed by atoms with Crippen LogP contribution in [0.15, 0.2) is 103 Å². The normalized spacial score (nSPS) is 14.9. The summed E-state index contributed by atoms with van der Waals surface area (Å²) in [5.41, 5.74) is 5.14. The average Bonchev–Trinajstić information content (AvgIpc) is 3.28. The van der Waals surface area contributed by atoms with Crippen LogP contribution in [0.3, 0.4) is 0 Å². The lowest BCUT2D eigenvalue weighted by atomic mass is 10.0. The summed E-state index contributed by atoms with van der Waals surface area (Å²) in [5.74, 6) is 0.986. The molecule has 4 aromatic carbocycles. The van der Waals surface area contributed by atoms with E-state index < -0.39 is 0 Å². The van der Waals surface area contributed by atoms with Gasteiger partial charge in [0.05, 0.1) is 5.52 Å². The molecule has 1 aliphatic rings. The van der Waals surface area contributed by atoms with Gasteiger partial charge in [-0.1, -0.05) is 84.9 Å². The third-order valence-corrected chi connectivity index (χ3v) is 7.63.